The molecule has 2 fully saturated rings. The standard InChI is InChI=1S/C34H38Cl2N6O4/c1-45-33-29(15-37-13-19-9-21(43)10-19)39-17-27(41-33)25-7-3-5-23(31(25)35)24-6-4-8-26(32(24)36)28-18-40-30(34(42-28)46-2)16-38-14-20-11-22(44)12-20/h3-8,17-22,37-38,43-44H,9-16H2,1-2H3/t19-,20-,21+,22+. The average Bonchev–Trinajstić information content (AvgIpc) is 3.03. The summed E-state index contributed by atoms with van der Waals surface area (Å²) >= 11 is 14.1. The van der Waals surface area contributed by atoms with Gasteiger partial charge >= 0.3 is 0 Å². The predicted octanol–water partition coefficient (Wildman–Crippen LogP) is 5.31. The van der Waals surface area contributed by atoms with Gasteiger partial charge in [0.05, 0.1) is 60.3 Å². The predicted molar refractivity (Wildman–Crippen MR) is 178 cm³/mol. The van der Waals surface area contributed by atoms with Gasteiger partial charge in [0, 0.05) is 35.3 Å². The molecule has 2 aliphatic rings. The van der Waals surface area contributed by atoms with Crippen molar-refractivity contribution in [1.82, 2.24) is 30.6 Å². The lowest BCUT2D eigenvalue weighted by Gasteiger charge is -2.31. The van der Waals surface area contributed by atoms with E-state index in [-0.39, 0.29) is 12.2 Å². The van der Waals surface area contributed by atoms with Crippen molar-refractivity contribution in [2.24, 2.45) is 11.8 Å². The highest BCUT2D eigenvalue weighted by Gasteiger charge is 2.27. The Hall–Kier alpha value is -3.38. The molecule has 0 saturated heterocycles. The molecule has 2 heterocycles. The Morgan fingerprint density at radius 3 is 1.43 bits per heavy atom. The van der Waals surface area contributed by atoms with Gasteiger partial charge in [0.2, 0.25) is 11.8 Å². The van der Waals surface area contributed by atoms with E-state index in [1.54, 1.807) is 26.6 Å². The average molecular weight is 666 g/mol. The fourth-order valence-corrected chi connectivity index (χ4v) is 6.67. The number of aromatic nitrogens is 4. The Morgan fingerprint density at radius 1 is 0.674 bits per heavy atom. The summed E-state index contributed by atoms with van der Waals surface area (Å²) in [5, 5.41) is 26.8. The van der Waals surface area contributed by atoms with E-state index in [0.717, 1.165) is 49.9 Å². The third-order valence-electron chi connectivity index (χ3n) is 8.72. The number of aliphatic hydroxyl groups excluding tert-OH is 2. The van der Waals surface area contributed by atoms with Gasteiger partial charge in [-0.1, -0.05) is 59.6 Å². The lowest BCUT2D eigenvalue weighted by Crippen LogP contribution is -2.36. The van der Waals surface area contributed by atoms with Gasteiger partial charge in [0.1, 0.15) is 11.4 Å². The summed E-state index contributed by atoms with van der Waals surface area (Å²) in [6.07, 6.45) is 6.37. The molecule has 2 aliphatic carbocycles. The van der Waals surface area contributed by atoms with Gasteiger partial charge in [-0.15, -0.1) is 0 Å². The number of halogens is 2. The number of hydrogen-bond acceptors (Lipinski definition) is 10. The molecule has 0 aliphatic heterocycles. The van der Waals surface area contributed by atoms with E-state index < -0.39 is 0 Å². The van der Waals surface area contributed by atoms with E-state index in [1.165, 1.54) is 0 Å². The van der Waals surface area contributed by atoms with Crippen molar-refractivity contribution in [3.63, 3.8) is 0 Å². The quantitative estimate of drug-likeness (QED) is 0.149. The van der Waals surface area contributed by atoms with Crippen molar-refractivity contribution in [3.05, 3.63) is 70.2 Å². The van der Waals surface area contributed by atoms with Crippen LogP contribution in [0.25, 0.3) is 33.6 Å². The van der Waals surface area contributed by atoms with Crippen molar-refractivity contribution in [3.8, 4) is 45.4 Å². The van der Waals surface area contributed by atoms with Crippen molar-refractivity contribution in [1.29, 1.82) is 0 Å². The highest BCUT2D eigenvalue weighted by molar-refractivity contribution is 6.39. The Labute approximate surface area is 278 Å². The van der Waals surface area contributed by atoms with Gasteiger partial charge in [0.25, 0.3) is 0 Å². The maximum Gasteiger partial charge on any atom is 0.237 e. The van der Waals surface area contributed by atoms with Gasteiger partial charge < -0.3 is 30.3 Å². The Kier molecular flexibility index (Phi) is 10.3. The second kappa shape index (κ2) is 14.6. The lowest BCUT2D eigenvalue weighted by molar-refractivity contribution is 0.0426. The van der Waals surface area contributed by atoms with Gasteiger partial charge in [-0.2, -0.15) is 0 Å². The molecule has 12 heteroatoms. The van der Waals surface area contributed by atoms with Gasteiger partial charge in [0.15, 0.2) is 0 Å². The Bertz CT molecular complexity index is 1560. The van der Waals surface area contributed by atoms with Crippen LogP contribution in [0.2, 0.25) is 10.0 Å². The Balaban J connectivity index is 1.21. The third kappa shape index (κ3) is 7.12. The molecule has 0 unspecified atom stereocenters. The number of methoxy groups -OCH3 is 2. The molecule has 10 nitrogen and oxygen atoms in total. The molecule has 2 aromatic heterocycles. The molecule has 4 aromatic rings. The molecule has 2 aromatic carbocycles. The van der Waals surface area contributed by atoms with Gasteiger partial charge in [-0.05, 0) is 50.6 Å². The van der Waals surface area contributed by atoms with Crippen LogP contribution in [0.5, 0.6) is 11.8 Å². The molecule has 0 radical (unpaired) electrons. The largest absolute Gasteiger partial charge is 0.480 e. The highest BCUT2D eigenvalue weighted by atomic mass is 35.5. The summed E-state index contributed by atoms with van der Waals surface area (Å²) in [6, 6.07) is 11.4. The second-order valence-electron chi connectivity index (χ2n) is 12.0. The maximum absolute atomic E-state index is 9.52. The molecule has 0 spiro atoms. The molecule has 0 amide bonds. The van der Waals surface area contributed by atoms with Crippen LogP contribution in [0.3, 0.4) is 0 Å². The fraction of sp³-hybridized carbons (Fsp3) is 0.412. The van der Waals surface area contributed by atoms with Crippen LogP contribution in [-0.4, -0.2) is 69.7 Å². The smallest absolute Gasteiger partial charge is 0.237 e. The third-order valence-corrected chi connectivity index (χ3v) is 9.54. The zero-order valence-corrected chi connectivity index (χ0v) is 27.4. The molecular weight excluding hydrogens is 627 g/mol. The van der Waals surface area contributed by atoms with Crippen LogP contribution in [0.15, 0.2) is 48.8 Å². The number of hydrogen-bond donors (Lipinski definition) is 4. The lowest BCUT2D eigenvalue weighted by atomic mass is 9.82. The van der Waals surface area contributed by atoms with Crippen LogP contribution < -0.4 is 20.1 Å². The monoisotopic (exact) mass is 664 g/mol. The first-order valence-corrected chi connectivity index (χ1v) is 16.3. The van der Waals surface area contributed by atoms with Gasteiger partial charge in [-0.3, -0.25) is 9.97 Å². The first kappa shape index (κ1) is 32.6. The number of benzene rings is 2. The normalized spacial score (nSPS) is 20.6. The molecule has 0 atom stereocenters. The number of nitrogens with one attached hydrogen (secondary N) is 2. The molecule has 46 heavy (non-hydrogen) atoms. The maximum atomic E-state index is 9.52. The van der Waals surface area contributed by atoms with E-state index in [4.69, 9.17) is 42.6 Å². The van der Waals surface area contributed by atoms with E-state index in [9.17, 15) is 10.2 Å². The molecule has 242 valence electrons. The number of nitrogens with zero attached hydrogens (tertiary/aromatic N) is 4. The van der Waals surface area contributed by atoms with Gasteiger partial charge in [-0.25, -0.2) is 9.97 Å². The highest BCUT2D eigenvalue weighted by Crippen LogP contribution is 2.42. The van der Waals surface area contributed by atoms with E-state index in [1.807, 2.05) is 36.4 Å². The zero-order valence-electron chi connectivity index (χ0n) is 25.8. The summed E-state index contributed by atoms with van der Waals surface area (Å²) in [4.78, 5) is 18.7. The Morgan fingerprint density at radius 2 is 1.07 bits per heavy atom. The summed E-state index contributed by atoms with van der Waals surface area (Å²) in [6.45, 7) is 2.64. The molecule has 4 N–H and O–H groups in total. The SMILES string of the molecule is COc1nc(-c2cccc(-c3cccc(-c4cnc(CNC[C@H]5C[C@@H](O)C5)c(OC)n4)c3Cl)c2Cl)cnc1CNC[C@H]1C[C@@H](O)C1. The number of ether oxygens (including phenoxy) is 2. The van der Waals surface area contributed by atoms with Crippen LogP contribution in [0.1, 0.15) is 37.1 Å². The van der Waals surface area contributed by atoms with E-state index in [2.05, 4.69) is 20.6 Å². The second-order valence-corrected chi connectivity index (χ2v) is 12.8. The first-order valence-electron chi connectivity index (χ1n) is 15.5. The van der Waals surface area contributed by atoms with Crippen LogP contribution >= 0.6 is 23.2 Å². The fourth-order valence-electron chi connectivity index (χ4n) is 6.02. The minimum atomic E-state index is -0.172. The van der Waals surface area contributed by atoms with Crippen molar-refractivity contribution in [2.75, 3.05) is 27.3 Å². The van der Waals surface area contributed by atoms with Crippen LogP contribution in [-0.2, 0) is 13.1 Å². The van der Waals surface area contributed by atoms with E-state index in [0.29, 0.717) is 80.6 Å². The summed E-state index contributed by atoms with van der Waals surface area (Å²) in [7, 11) is 3.15. The minimum absolute atomic E-state index is 0.172. The van der Waals surface area contributed by atoms with Crippen molar-refractivity contribution in [2.45, 2.75) is 51.0 Å². The molecule has 2 saturated carbocycles. The van der Waals surface area contributed by atoms with E-state index >= 15 is 0 Å². The molecule has 0 bridgehead atoms. The van der Waals surface area contributed by atoms with Crippen LogP contribution in [0, 0.1) is 11.8 Å². The van der Waals surface area contributed by atoms with Crippen LogP contribution in [0.4, 0.5) is 0 Å². The number of aliphatic hydroxyl groups is 2. The topological polar surface area (TPSA) is 135 Å². The zero-order chi connectivity index (χ0) is 32.2. The first-order chi connectivity index (χ1) is 22.3. The summed E-state index contributed by atoms with van der Waals surface area (Å²) in [5.41, 5.74) is 5.43. The molecular formula is C34H38Cl2N6O4. The van der Waals surface area contributed by atoms with Crippen molar-refractivity contribution < 1.29 is 19.7 Å². The van der Waals surface area contributed by atoms with Crippen molar-refractivity contribution >= 4 is 23.2 Å². The molecule has 6 rings (SSSR count). The summed E-state index contributed by atoms with van der Waals surface area (Å²) in [5.74, 6) is 1.81. The summed E-state index contributed by atoms with van der Waals surface area (Å²) < 4.78 is 11.2. The number of rotatable bonds is 13. The minimum Gasteiger partial charge on any atom is -0.480 e.